The molecule has 7 heteroatoms. The molecule has 0 radical (unpaired) electrons. The van der Waals surface area contributed by atoms with Crippen LogP contribution in [0, 0.1) is 17.0 Å². The van der Waals surface area contributed by atoms with Gasteiger partial charge in [-0.25, -0.2) is 8.78 Å². The van der Waals surface area contributed by atoms with Gasteiger partial charge in [0.05, 0.1) is 12.6 Å². The molecule has 158 valence electrons. The van der Waals surface area contributed by atoms with E-state index in [1.54, 1.807) is 12.1 Å². The Hall–Kier alpha value is -3.71. The average molecular weight is 420 g/mol. The van der Waals surface area contributed by atoms with Crippen molar-refractivity contribution in [2.24, 2.45) is 5.73 Å². The Morgan fingerprint density at radius 2 is 1.58 bits per heavy atom. The maximum Gasteiger partial charge on any atom is 0.123 e. The minimum absolute atomic E-state index is 0.261. The molecule has 31 heavy (non-hydrogen) atoms. The summed E-state index contributed by atoms with van der Waals surface area (Å²) in [7, 11) is 0. The highest BCUT2D eigenvalue weighted by Crippen LogP contribution is 2.30. The molecule has 4 aromatic rings. The van der Waals surface area contributed by atoms with Crippen LogP contribution in [-0.4, -0.2) is 28.5 Å². The number of fused-ring (bicyclic) bond motifs is 3. The number of anilines is 1. The molecule has 0 saturated heterocycles. The number of hydrogen-bond acceptors (Lipinski definition) is 4. The molecule has 3 aromatic carbocycles. The highest BCUT2D eigenvalue weighted by atomic mass is 19.1. The molecule has 0 saturated carbocycles. The summed E-state index contributed by atoms with van der Waals surface area (Å²) in [4.78, 5) is 0. The molecule has 5 nitrogen and oxygen atoms in total. The van der Waals surface area contributed by atoms with Crippen molar-refractivity contribution < 1.29 is 13.9 Å². The zero-order valence-corrected chi connectivity index (χ0v) is 16.6. The first-order chi connectivity index (χ1) is 15.0. The Balaban J connectivity index is 1.53. The van der Waals surface area contributed by atoms with E-state index in [4.69, 9.17) is 11.1 Å². The molecule has 1 heterocycles. The van der Waals surface area contributed by atoms with Crippen molar-refractivity contribution >= 4 is 39.4 Å². The highest BCUT2D eigenvalue weighted by molar-refractivity contribution is 6.08. The second-order valence-corrected chi connectivity index (χ2v) is 7.33. The highest BCUT2D eigenvalue weighted by Gasteiger charge is 2.15. The summed E-state index contributed by atoms with van der Waals surface area (Å²) in [6.07, 6.45) is 1.90. The van der Waals surface area contributed by atoms with Gasteiger partial charge in [0.25, 0.3) is 0 Å². The number of nitrogens with zero attached hydrogens (tertiary/aromatic N) is 1. The lowest BCUT2D eigenvalue weighted by Crippen LogP contribution is -2.24. The number of allylic oxidation sites excluding steroid dienone is 1. The van der Waals surface area contributed by atoms with E-state index in [0.29, 0.717) is 16.5 Å². The summed E-state index contributed by atoms with van der Waals surface area (Å²) in [5.41, 5.74) is 9.46. The van der Waals surface area contributed by atoms with Crippen molar-refractivity contribution in [2.45, 2.75) is 12.6 Å². The first kappa shape index (κ1) is 20.6. The van der Waals surface area contributed by atoms with Crippen molar-refractivity contribution in [3.05, 3.63) is 83.9 Å². The molecule has 0 spiro atoms. The number of nitrogens with two attached hydrogens (primary N) is 1. The largest absolute Gasteiger partial charge is 0.398 e. The number of halogens is 2. The lowest BCUT2D eigenvalue weighted by atomic mass is 10.1. The van der Waals surface area contributed by atoms with Crippen molar-refractivity contribution in [1.82, 2.24) is 4.57 Å². The second-order valence-electron chi connectivity index (χ2n) is 7.33. The first-order valence-electron chi connectivity index (χ1n) is 9.82. The van der Waals surface area contributed by atoms with Crippen LogP contribution in [-0.2, 0) is 6.54 Å². The molecule has 5 N–H and O–H groups in total. The van der Waals surface area contributed by atoms with Crippen LogP contribution in [0.3, 0.4) is 0 Å². The zero-order valence-electron chi connectivity index (χ0n) is 16.6. The monoisotopic (exact) mass is 420 g/mol. The van der Waals surface area contributed by atoms with Gasteiger partial charge in [0, 0.05) is 45.9 Å². The Labute approximate surface area is 177 Å². The maximum absolute atomic E-state index is 13.8. The average Bonchev–Trinajstić information content (AvgIpc) is 3.05. The molecular formula is C24H22F2N4O. The van der Waals surface area contributed by atoms with Gasteiger partial charge in [0.1, 0.15) is 11.6 Å². The van der Waals surface area contributed by atoms with E-state index < -0.39 is 17.7 Å². The van der Waals surface area contributed by atoms with Crippen LogP contribution in [0.1, 0.15) is 5.56 Å². The molecule has 0 aliphatic rings. The number of benzene rings is 3. The fourth-order valence-electron chi connectivity index (χ4n) is 3.72. The summed E-state index contributed by atoms with van der Waals surface area (Å²) in [5, 5.41) is 22.1. The number of aliphatic hydroxyl groups excluding tert-OH is 1. The van der Waals surface area contributed by atoms with E-state index in [-0.39, 0.29) is 13.1 Å². The second kappa shape index (κ2) is 8.57. The van der Waals surface area contributed by atoms with Crippen LogP contribution >= 0.6 is 0 Å². The van der Waals surface area contributed by atoms with Gasteiger partial charge in [-0.2, -0.15) is 0 Å². The zero-order chi connectivity index (χ0) is 22.0. The third-order valence-electron chi connectivity index (χ3n) is 5.21. The fourth-order valence-corrected chi connectivity index (χ4v) is 3.72. The van der Waals surface area contributed by atoms with Crippen LogP contribution in [0.5, 0.6) is 0 Å². The maximum atomic E-state index is 13.8. The van der Waals surface area contributed by atoms with Crippen molar-refractivity contribution in [3.63, 3.8) is 0 Å². The van der Waals surface area contributed by atoms with E-state index in [0.717, 1.165) is 28.5 Å². The standard InChI is InChI=1S/C24H22F2N4O/c25-16-3-7-23-20(11-16)21-12-17(26)4-8-24(21)30(23)14-19(31)13-29-18-5-1-15(2-6-18)22(28)9-10-27/h1-12,19,27,29,31H,13-14,28H2/b22-9-,27-10?. The van der Waals surface area contributed by atoms with Crippen molar-refractivity contribution in [3.8, 4) is 0 Å². The first-order valence-corrected chi connectivity index (χ1v) is 9.82. The van der Waals surface area contributed by atoms with Gasteiger partial charge in [-0.05, 0) is 60.2 Å². The van der Waals surface area contributed by atoms with Crippen LogP contribution < -0.4 is 11.1 Å². The van der Waals surface area contributed by atoms with Crippen molar-refractivity contribution in [1.29, 1.82) is 5.41 Å². The third-order valence-corrected chi connectivity index (χ3v) is 5.21. The van der Waals surface area contributed by atoms with Crippen LogP contribution in [0.2, 0.25) is 0 Å². The topological polar surface area (TPSA) is 87.1 Å². The number of rotatable bonds is 7. The smallest absolute Gasteiger partial charge is 0.123 e. The molecule has 1 atom stereocenters. The van der Waals surface area contributed by atoms with Crippen LogP contribution in [0.25, 0.3) is 27.5 Å². The molecule has 0 aliphatic carbocycles. The Bertz CT molecular complexity index is 1220. The predicted molar refractivity (Wildman–Crippen MR) is 121 cm³/mol. The molecule has 0 bridgehead atoms. The third kappa shape index (κ3) is 4.27. The Kier molecular flexibility index (Phi) is 5.68. The van der Waals surface area contributed by atoms with E-state index in [9.17, 15) is 13.9 Å². The van der Waals surface area contributed by atoms with Crippen LogP contribution in [0.4, 0.5) is 14.5 Å². The van der Waals surface area contributed by atoms with Gasteiger partial charge >= 0.3 is 0 Å². The van der Waals surface area contributed by atoms with Gasteiger partial charge in [-0.15, -0.1) is 0 Å². The fraction of sp³-hybridized carbons (Fsp3) is 0.125. The van der Waals surface area contributed by atoms with Crippen LogP contribution in [0.15, 0.2) is 66.7 Å². The molecule has 1 unspecified atom stereocenters. The Morgan fingerprint density at radius 1 is 1.00 bits per heavy atom. The number of aromatic nitrogens is 1. The number of hydrogen-bond donors (Lipinski definition) is 4. The summed E-state index contributed by atoms with van der Waals surface area (Å²) >= 11 is 0. The predicted octanol–water partition coefficient (Wildman–Crippen LogP) is 4.49. The number of aliphatic hydroxyl groups is 1. The molecule has 4 rings (SSSR count). The van der Waals surface area contributed by atoms with E-state index in [2.05, 4.69) is 5.32 Å². The minimum Gasteiger partial charge on any atom is -0.398 e. The summed E-state index contributed by atoms with van der Waals surface area (Å²) in [5.74, 6) is -0.782. The van der Waals surface area contributed by atoms with Gasteiger partial charge in [-0.3, -0.25) is 0 Å². The van der Waals surface area contributed by atoms with Crippen molar-refractivity contribution in [2.75, 3.05) is 11.9 Å². The summed E-state index contributed by atoms with van der Waals surface area (Å²) < 4.78 is 29.4. The minimum atomic E-state index is -0.739. The Morgan fingerprint density at radius 3 is 2.13 bits per heavy atom. The SMILES string of the molecule is N=C/C=C(\N)c1ccc(NCC(O)Cn2c3ccc(F)cc3c3cc(F)ccc32)cc1. The quantitative estimate of drug-likeness (QED) is 0.332. The molecule has 1 aromatic heterocycles. The van der Waals surface area contributed by atoms with Gasteiger partial charge in [0.2, 0.25) is 0 Å². The van der Waals surface area contributed by atoms with E-state index in [1.165, 1.54) is 30.3 Å². The van der Waals surface area contributed by atoms with E-state index >= 15 is 0 Å². The molecule has 0 fully saturated rings. The van der Waals surface area contributed by atoms with E-state index in [1.807, 2.05) is 28.8 Å². The summed E-state index contributed by atoms with van der Waals surface area (Å²) in [6.45, 7) is 0.548. The molecule has 0 aliphatic heterocycles. The lowest BCUT2D eigenvalue weighted by Gasteiger charge is -2.16. The summed E-state index contributed by atoms with van der Waals surface area (Å²) in [6, 6.07) is 16.1. The molecule has 0 amide bonds. The lowest BCUT2D eigenvalue weighted by molar-refractivity contribution is 0.169. The van der Waals surface area contributed by atoms with Gasteiger partial charge in [-0.1, -0.05) is 12.1 Å². The van der Waals surface area contributed by atoms with Gasteiger partial charge < -0.3 is 26.1 Å². The normalized spacial score (nSPS) is 12.9. The molecular weight excluding hydrogens is 398 g/mol. The number of nitrogens with one attached hydrogen (secondary N) is 2. The van der Waals surface area contributed by atoms with Gasteiger partial charge in [0.15, 0.2) is 0 Å².